The number of hydrogen-bond donors (Lipinski definition) is 0. The van der Waals surface area contributed by atoms with Crippen LogP contribution in [0.5, 0.6) is 5.88 Å². The Balaban J connectivity index is 2.13. The Labute approximate surface area is 150 Å². The highest BCUT2D eigenvalue weighted by atomic mass is 79.9. The van der Waals surface area contributed by atoms with Crippen molar-refractivity contribution in [2.45, 2.75) is 20.5 Å². The molecule has 0 spiro atoms. The monoisotopic (exact) mass is 386 g/mol. The summed E-state index contributed by atoms with van der Waals surface area (Å²) in [6.07, 6.45) is 1.78. The van der Waals surface area contributed by atoms with Crippen molar-refractivity contribution < 1.29 is 4.74 Å². The molecule has 5 nitrogen and oxygen atoms in total. The first-order valence-corrected chi connectivity index (χ1v) is 8.36. The Morgan fingerprint density at radius 2 is 2.21 bits per heavy atom. The third-order valence-electron chi connectivity index (χ3n) is 3.43. The van der Waals surface area contributed by atoms with Crippen molar-refractivity contribution in [2.75, 3.05) is 13.6 Å². The Morgan fingerprint density at radius 1 is 1.42 bits per heavy atom. The zero-order valence-electron chi connectivity index (χ0n) is 14.0. The molecule has 0 saturated carbocycles. The van der Waals surface area contributed by atoms with Crippen LogP contribution in [0.25, 0.3) is 0 Å². The number of benzene rings is 1. The van der Waals surface area contributed by atoms with Gasteiger partial charge in [-0.05, 0) is 53.5 Å². The lowest BCUT2D eigenvalue weighted by atomic mass is 10.1. The third kappa shape index (κ3) is 4.80. The van der Waals surface area contributed by atoms with E-state index in [4.69, 9.17) is 10.00 Å². The summed E-state index contributed by atoms with van der Waals surface area (Å²) in [6.45, 7) is 5.20. The second-order valence-electron chi connectivity index (χ2n) is 5.30. The lowest BCUT2D eigenvalue weighted by Crippen LogP contribution is -2.14. The fraction of sp³-hybridized carbons (Fsp3) is 0.278. The molecule has 1 aromatic heterocycles. The molecule has 0 radical (unpaired) electrons. The van der Waals surface area contributed by atoms with Crippen molar-refractivity contribution in [3.63, 3.8) is 0 Å². The minimum Gasteiger partial charge on any atom is -0.472 e. The maximum absolute atomic E-state index is 8.94. The molecule has 0 amide bonds. The maximum Gasteiger partial charge on any atom is 0.228 e. The van der Waals surface area contributed by atoms with Gasteiger partial charge >= 0.3 is 0 Å². The zero-order valence-corrected chi connectivity index (χ0v) is 15.5. The summed E-state index contributed by atoms with van der Waals surface area (Å²) in [5, 5.41) is 8.94. The van der Waals surface area contributed by atoms with Gasteiger partial charge < -0.3 is 9.64 Å². The molecule has 2 aromatic rings. The summed E-state index contributed by atoms with van der Waals surface area (Å²) >= 11 is 3.48. The van der Waals surface area contributed by atoms with E-state index in [2.05, 4.69) is 38.9 Å². The number of pyridine rings is 1. The summed E-state index contributed by atoms with van der Waals surface area (Å²) in [5.41, 5.74) is 3.12. The summed E-state index contributed by atoms with van der Waals surface area (Å²) in [4.78, 5) is 10.9. The molecule has 6 heteroatoms. The normalized spacial score (nSPS) is 10.6. The molecular formula is C18H19BrN4O. The van der Waals surface area contributed by atoms with Crippen LogP contribution < -0.4 is 4.74 Å². The first-order chi connectivity index (χ1) is 11.5. The standard InChI is InChI=1S/C18H19BrN4O/c1-4-23(3)12-21-17-9-16(19)18(22-13(17)2)24-11-15-7-5-6-14(8-15)10-20/h5-9,12H,4,11H2,1-3H3/b21-12+. The number of hydrogen-bond acceptors (Lipinski definition) is 4. The third-order valence-corrected chi connectivity index (χ3v) is 4.00. The van der Waals surface area contributed by atoms with E-state index in [1.165, 1.54) is 0 Å². The van der Waals surface area contributed by atoms with Gasteiger partial charge in [0, 0.05) is 13.6 Å². The average Bonchev–Trinajstić information content (AvgIpc) is 2.60. The van der Waals surface area contributed by atoms with Crippen LogP contribution in [0, 0.1) is 18.3 Å². The van der Waals surface area contributed by atoms with E-state index < -0.39 is 0 Å². The van der Waals surface area contributed by atoms with Crippen LogP contribution in [0.2, 0.25) is 0 Å². The van der Waals surface area contributed by atoms with Gasteiger partial charge in [-0.3, -0.25) is 0 Å². The van der Waals surface area contributed by atoms with E-state index >= 15 is 0 Å². The highest BCUT2D eigenvalue weighted by molar-refractivity contribution is 9.10. The SMILES string of the molecule is CCN(C)/C=N/c1cc(Br)c(OCc2cccc(C#N)c2)nc1C. The molecule has 0 fully saturated rings. The summed E-state index contributed by atoms with van der Waals surface area (Å²) in [6, 6.07) is 11.3. The molecule has 0 aliphatic carbocycles. The molecule has 24 heavy (non-hydrogen) atoms. The number of aromatic nitrogens is 1. The number of ether oxygens (including phenoxy) is 1. The number of halogens is 1. The lowest BCUT2D eigenvalue weighted by Gasteiger charge is -2.11. The highest BCUT2D eigenvalue weighted by Gasteiger charge is 2.09. The van der Waals surface area contributed by atoms with Gasteiger partial charge in [-0.25, -0.2) is 9.98 Å². The predicted molar refractivity (Wildman–Crippen MR) is 98.6 cm³/mol. The van der Waals surface area contributed by atoms with E-state index in [9.17, 15) is 0 Å². The van der Waals surface area contributed by atoms with E-state index in [1.807, 2.05) is 37.1 Å². The van der Waals surface area contributed by atoms with Gasteiger partial charge in [0.1, 0.15) is 6.61 Å². The van der Waals surface area contributed by atoms with Crippen LogP contribution >= 0.6 is 15.9 Å². The van der Waals surface area contributed by atoms with Crippen molar-refractivity contribution in [3.8, 4) is 11.9 Å². The molecule has 124 valence electrons. The van der Waals surface area contributed by atoms with Crippen molar-refractivity contribution in [2.24, 2.45) is 4.99 Å². The van der Waals surface area contributed by atoms with E-state index in [0.29, 0.717) is 18.1 Å². The Kier molecular flexibility index (Phi) is 6.33. The lowest BCUT2D eigenvalue weighted by molar-refractivity contribution is 0.291. The van der Waals surface area contributed by atoms with Gasteiger partial charge in [0.25, 0.3) is 0 Å². The molecule has 0 atom stereocenters. The molecular weight excluding hydrogens is 368 g/mol. The summed E-state index contributed by atoms with van der Waals surface area (Å²) in [5.74, 6) is 0.512. The number of nitriles is 1. The average molecular weight is 387 g/mol. The van der Waals surface area contributed by atoms with E-state index in [-0.39, 0.29) is 0 Å². The molecule has 0 saturated heterocycles. The summed E-state index contributed by atoms with van der Waals surface area (Å²) < 4.78 is 6.52. The molecule has 0 aliphatic rings. The van der Waals surface area contributed by atoms with Crippen molar-refractivity contribution in [1.29, 1.82) is 5.26 Å². The molecule has 0 bridgehead atoms. The topological polar surface area (TPSA) is 61.5 Å². The molecule has 1 aromatic carbocycles. The van der Waals surface area contributed by atoms with Crippen LogP contribution in [0.15, 0.2) is 39.8 Å². The predicted octanol–water partition coefficient (Wildman–Crippen LogP) is 4.21. The Bertz CT molecular complexity index is 783. The van der Waals surface area contributed by atoms with Crippen molar-refractivity contribution >= 4 is 28.0 Å². The molecule has 0 aliphatic heterocycles. The van der Waals surface area contributed by atoms with E-state index in [1.54, 1.807) is 18.5 Å². The van der Waals surface area contributed by atoms with Crippen LogP contribution in [0.4, 0.5) is 5.69 Å². The Hall–Kier alpha value is -2.39. The fourth-order valence-electron chi connectivity index (χ4n) is 1.91. The fourth-order valence-corrected chi connectivity index (χ4v) is 2.33. The number of aliphatic imine (C=N–C) groups is 1. The smallest absolute Gasteiger partial charge is 0.228 e. The van der Waals surface area contributed by atoms with Crippen LogP contribution in [0.3, 0.4) is 0 Å². The number of rotatable bonds is 6. The highest BCUT2D eigenvalue weighted by Crippen LogP contribution is 2.30. The largest absolute Gasteiger partial charge is 0.472 e. The minimum atomic E-state index is 0.349. The first kappa shape index (κ1) is 18.0. The summed E-state index contributed by atoms with van der Waals surface area (Å²) in [7, 11) is 1.97. The molecule has 1 heterocycles. The number of nitrogens with zero attached hydrogens (tertiary/aromatic N) is 4. The minimum absolute atomic E-state index is 0.349. The van der Waals surface area contributed by atoms with Crippen molar-refractivity contribution in [3.05, 3.63) is 51.6 Å². The van der Waals surface area contributed by atoms with Crippen molar-refractivity contribution in [1.82, 2.24) is 9.88 Å². The van der Waals surface area contributed by atoms with E-state index in [0.717, 1.165) is 28.0 Å². The van der Waals surface area contributed by atoms with Gasteiger partial charge in [-0.2, -0.15) is 5.26 Å². The van der Waals surface area contributed by atoms with Crippen LogP contribution in [0.1, 0.15) is 23.7 Å². The molecule has 0 unspecified atom stereocenters. The first-order valence-electron chi connectivity index (χ1n) is 7.57. The van der Waals surface area contributed by atoms with Crippen LogP contribution in [-0.4, -0.2) is 29.8 Å². The maximum atomic E-state index is 8.94. The van der Waals surface area contributed by atoms with Crippen LogP contribution in [-0.2, 0) is 6.61 Å². The Morgan fingerprint density at radius 3 is 2.92 bits per heavy atom. The second-order valence-corrected chi connectivity index (χ2v) is 6.15. The molecule has 2 rings (SSSR count). The molecule has 0 N–H and O–H groups in total. The zero-order chi connectivity index (χ0) is 17.5. The second kappa shape index (κ2) is 8.46. The van der Waals surface area contributed by atoms with Gasteiger partial charge in [0.15, 0.2) is 0 Å². The van der Waals surface area contributed by atoms with Gasteiger partial charge in [0.2, 0.25) is 5.88 Å². The number of aryl methyl sites for hydroxylation is 1. The van der Waals surface area contributed by atoms with Gasteiger partial charge in [-0.15, -0.1) is 0 Å². The van der Waals surface area contributed by atoms with Gasteiger partial charge in [0.05, 0.1) is 33.8 Å². The quantitative estimate of drug-likeness (QED) is 0.550. The van der Waals surface area contributed by atoms with Gasteiger partial charge in [-0.1, -0.05) is 12.1 Å².